The van der Waals surface area contributed by atoms with Crippen LogP contribution in [0.5, 0.6) is 0 Å². The Labute approximate surface area is 349 Å². The van der Waals surface area contributed by atoms with Crippen LogP contribution in [0.1, 0.15) is 284 Å². The van der Waals surface area contributed by atoms with Crippen molar-refractivity contribution in [3.8, 4) is 0 Å². The lowest BCUT2D eigenvalue weighted by molar-refractivity contribution is -0.151. The van der Waals surface area contributed by atoms with Crippen LogP contribution in [0.25, 0.3) is 0 Å². The first-order valence-electron chi connectivity index (χ1n) is 25.3. The minimum absolute atomic E-state index is 0.0869. The van der Waals surface area contributed by atoms with Crippen molar-refractivity contribution in [1.82, 2.24) is 5.32 Å². The summed E-state index contributed by atoms with van der Waals surface area (Å²) in [6.07, 6.45) is 47.4. The molecule has 0 aliphatic rings. The van der Waals surface area contributed by atoms with Gasteiger partial charge in [0.2, 0.25) is 5.91 Å². The quantitative estimate of drug-likeness (QED) is 0.0421. The number of carbonyl (C=O) groups is 2. The second-order valence-electron chi connectivity index (χ2n) is 17.6. The summed E-state index contributed by atoms with van der Waals surface area (Å²) in [5.41, 5.74) is 0. The molecule has 1 amide bonds. The summed E-state index contributed by atoms with van der Waals surface area (Å²) < 4.78 is 5.90. The van der Waals surface area contributed by atoms with E-state index >= 15 is 0 Å². The fourth-order valence-electron chi connectivity index (χ4n) is 8.08. The molecule has 0 fully saturated rings. The number of aliphatic hydroxyl groups excluding tert-OH is 2. The molecule has 334 valence electrons. The number of hydrogen-bond donors (Lipinski definition) is 3. The fourth-order valence-corrected chi connectivity index (χ4v) is 8.08. The number of hydrogen-bond acceptors (Lipinski definition) is 5. The smallest absolute Gasteiger partial charge is 0.306 e. The summed E-state index contributed by atoms with van der Waals surface area (Å²) in [5, 5.41) is 23.7. The lowest BCUT2D eigenvalue weighted by Crippen LogP contribution is -2.46. The lowest BCUT2D eigenvalue weighted by Gasteiger charge is -2.24. The van der Waals surface area contributed by atoms with Gasteiger partial charge in [-0.2, -0.15) is 0 Å². The van der Waals surface area contributed by atoms with Crippen LogP contribution in [-0.4, -0.2) is 46.9 Å². The predicted octanol–water partition coefficient (Wildman–Crippen LogP) is 14.8. The van der Waals surface area contributed by atoms with Gasteiger partial charge in [0.1, 0.15) is 6.10 Å². The van der Waals surface area contributed by atoms with Crippen LogP contribution < -0.4 is 5.32 Å². The summed E-state index contributed by atoms with van der Waals surface area (Å²) in [6, 6.07) is -0.691. The molecule has 0 aliphatic carbocycles. The maximum Gasteiger partial charge on any atom is 0.306 e. The van der Waals surface area contributed by atoms with Crippen molar-refractivity contribution >= 4 is 11.9 Å². The SMILES string of the molecule is CCCCCCCCCCCCCCCCCCCC(O)C(CO)NC(=O)CC(CCCCCCCCCCCC)OC(=O)CCCCCCCCCCCC. The molecule has 0 aromatic heterocycles. The van der Waals surface area contributed by atoms with Gasteiger partial charge in [0.15, 0.2) is 0 Å². The number of aliphatic hydroxyl groups is 2. The number of unbranched alkanes of at least 4 members (excludes halogenated alkanes) is 34. The molecule has 0 radical (unpaired) electrons. The number of carbonyl (C=O) groups excluding carboxylic acids is 2. The van der Waals surface area contributed by atoms with Gasteiger partial charge < -0.3 is 20.3 Å². The van der Waals surface area contributed by atoms with Crippen molar-refractivity contribution in [3.05, 3.63) is 0 Å². The number of nitrogens with one attached hydrogen (secondary N) is 1. The summed E-state index contributed by atoms with van der Waals surface area (Å²) >= 11 is 0. The van der Waals surface area contributed by atoms with Crippen molar-refractivity contribution in [1.29, 1.82) is 0 Å². The molecule has 3 unspecified atom stereocenters. The zero-order chi connectivity index (χ0) is 41.0. The van der Waals surface area contributed by atoms with Gasteiger partial charge in [-0.1, -0.05) is 245 Å². The van der Waals surface area contributed by atoms with E-state index in [1.54, 1.807) is 0 Å². The topological polar surface area (TPSA) is 95.9 Å². The third kappa shape index (κ3) is 39.7. The highest BCUT2D eigenvalue weighted by atomic mass is 16.5. The molecule has 0 rings (SSSR count). The van der Waals surface area contributed by atoms with E-state index in [9.17, 15) is 19.8 Å². The Morgan fingerprint density at radius 3 is 1.09 bits per heavy atom. The lowest BCUT2D eigenvalue weighted by atomic mass is 10.0. The molecule has 6 heteroatoms. The largest absolute Gasteiger partial charge is 0.462 e. The molecule has 0 bridgehead atoms. The molecule has 0 aliphatic heterocycles. The second kappa shape index (κ2) is 45.0. The highest BCUT2D eigenvalue weighted by molar-refractivity contribution is 5.77. The van der Waals surface area contributed by atoms with E-state index in [0.29, 0.717) is 19.3 Å². The van der Waals surface area contributed by atoms with E-state index in [2.05, 4.69) is 26.1 Å². The van der Waals surface area contributed by atoms with Crippen molar-refractivity contribution in [2.75, 3.05) is 6.61 Å². The first-order valence-corrected chi connectivity index (χ1v) is 25.3. The Hall–Kier alpha value is -1.14. The van der Waals surface area contributed by atoms with E-state index in [0.717, 1.165) is 44.9 Å². The second-order valence-corrected chi connectivity index (χ2v) is 17.6. The van der Waals surface area contributed by atoms with E-state index in [1.807, 2.05) is 0 Å². The Bertz CT molecular complexity index is 806. The molecule has 0 aromatic carbocycles. The number of amides is 1. The highest BCUT2D eigenvalue weighted by Crippen LogP contribution is 2.18. The Balaban J connectivity index is 4.39. The Kier molecular flexibility index (Phi) is 44.0. The molecule has 0 heterocycles. The van der Waals surface area contributed by atoms with Crippen LogP contribution >= 0.6 is 0 Å². The molecule has 0 saturated carbocycles. The normalized spacial score (nSPS) is 13.2. The first kappa shape index (κ1) is 54.9. The van der Waals surface area contributed by atoms with E-state index in [1.165, 1.54) is 193 Å². The van der Waals surface area contributed by atoms with Crippen molar-refractivity contribution in [2.45, 2.75) is 302 Å². The number of esters is 1. The van der Waals surface area contributed by atoms with Crippen molar-refractivity contribution in [3.63, 3.8) is 0 Å². The summed E-state index contributed by atoms with van der Waals surface area (Å²) in [6.45, 7) is 6.49. The molecule has 56 heavy (non-hydrogen) atoms. The molecule has 0 aromatic rings. The van der Waals surface area contributed by atoms with Crippen molar-refractivity contribution in [2.24, 2.45) is 0 Å². The zero-order valence-electron chi connectivity index (χ0n) is 38.0. The average molecular weight is 794 g/mol. The van der Waals surface area contributed by atoms with Gasteiger partial charge in [0.25, 0.3) is 0 Å². The van der Waals surface area contributed by atoms with Gasteiger partial charge in [0, 0.05) is 6.42 Å². The molecular weight excluding hydrogens is 695 g/mol. The number of rotatable bonds is 46. The van der Waals surface area contributed by atoms with Crippen LogP contribution in [0.15, 0.2) is 0 Å². The minimum atomic E-state index is -0.778. The Morgan fingerprint density at radius 2 is 0.750 bits per heavy atom. The molecule has 3 atom stereocenters. The van der Waals surface area contributed by atoms with E-state index < -0.39 is 18.2 Å². The zero-order valence-corrected chi connectivity index (χ0v) is 38.0. The monoisotopic (exact) mass is 794 g/mol. The van der Waals surface area contributed by atoms with Gasteiger partial charge in [-0.05, 0) is 25.7 Å². The van der Waals surface area contributed by atoms with E-state index in [4.69, 9.17) is 4.74 Å². The third-order valence-corrected chi connectivity index (χ3v) is 11.9. The Morgan fingerprint density at radius 1 is 0.446 bits per heavy atom. The van der Waals surface area contributed by atoms with Gasteiger partial charge in [-0.25, -0.2) is 0 Å². The summed E-state index contributed by atoms with van der Waals surface area (Å²) in [4.78, 5) is 26.0. The van der Waals surface area contributed by atoms with Gasteiger partial charge in [0.05, 0.1) is 25.2 Å². The van der Waals surface area contributed by atoms with Crippen LogP contribution in [0.2, 0.25) is 0 Å². The molecule has 3 N–H and O–H groups in total. The molecule has 6 nitrogen and oxygen atoms in total. The molecule has 0 saturated heterocycles. The predicted molar refractivity (Wildman–Crippen MR) is 241 cm³/mol. The maximum absolute atomic E-state index is 13.1. The van der Waals surface area contributed by atoms with Gasteiger partial charge in [-0.15, -0.1) is 0 Å². The van der Waals surface area contributed by atoms with Crippen LogP contribution in [0.3, 0.4) is 0 Å². The van der Waals surface area contributed by atoms with Crippen LogP contribution in [0.4, 0.5) is 0 Å². The fraction of sp³-hybridized carbons (Fsp3) is 0.960. The average Bonchev–Trinajstić information content (AvgIpc) is 3.19. The molecule has 0 spiro atoms. The third-order valence-electron chi connectivity index (χ3n) is 11.9. The van der Waals surface area contributed by atoms with Gasteiger partial charge in [-0.3, -0.25) is 9.59 Å². The van der Waals surface area contributed by atoms with Crippen molar-refractivity contribution < 1.29 is 24.5 Å². The van der Waals surface area contributed by atoms with Gasteiger partial charge >= 0.3 is 5.97 Å². The first-order chi connectivity index (χ1) is 27.5. The standard InChI is InChI=1S/C50H99NO5/c1-4-7-10-13-16-19-22-23-24-25-26-27-28-30-33-36-39-42-48(53)47(45-52)51-49(54)44-46(41-38-35-32-29-20-17-14-11-8-5-2)56-50(55)43-40-37-34-31-21-18-15-12-9-6-3/h46-48,52-53H,4-45H2,1-3H3,(H,51,54). The molecular formula is C50H99NO5. The maximum atomic E-state index is 13.1. The highest BCUT2D eigenvalue weighted by Gasteiger charge is 2.24. The summed E-state index contributed by atoms with van der Waals surface area (Å²) in [7, 11) is 0. The van der Waals surface area contributed by atoms with E-state index in [-0.39, 0.29) is 24.9 Å². The minimum Gasteiger partial charge on any atom is -0.462 e. The van der Waals surface area contributed by atoms with Crippen LogP contribution in [-0.2, 0) is 14.3 Å². The summed E-state index contributed by atoms with van der Waals surface area (Å²) in [5.74, 6) is -0.457. The number of ether oxygens (including phenoxy) is 1. The van der Waals surface area contributed by atoms with Crippen LogP contribution in [0, 0.1) is 0 Å².